The number of thiophene rings is 1. The molecule has 0 spiro atoms. The fraction of sp³-hybridized carbons (Fsp3) is 0.500. The van der Waals surface area contributed by atoms with E-state index < -0.39 is 5.97 Å². The van der Waals surface area contributed by atoms with E-state index in [4.69, 9.17) is 5.11 Å². The summed E-state index contributed by atoms with van der Waals surface area (Å²) in [6.07, 6.45) is 5.59. The molecular weight excluding hydrogens is 246 g/mol. The quantitative estimate of drug-likeness (QED) is 0.804. The molecule has 98 valence electrons. The first-order valence-corrected chi connectivity index (χ1v) is 7.13. The van der Waals surface area contributed by atoms with Crippen molar-refractivity contribution in [2.24, 2.45) is 5.92 Å². The van der Waals surface area contributed by atoms with Crippen molar-refractivity contribution in [1.82, 2.24) is 4.90 Å². The summed E-state index contributed by atoms with van der Waals surface area (Å²) in [6, 6.07) is 2.60. The summed E-state index contributed by atoms with van der Waals surface area (Å²) >= 11 is 1.69. The van der Waals surface area contributed by atoms with E-state index in [0.717, 1.165) is 18.0 Å². The molecule has 1 aromatic rings. The topological polar surface area (TPSA) is 40.5 Å². The molecule has 0 amide bonds. The second-order valence-electron chi connectivity index (χ2n) is 4.96. The molecule has 1 atom stereocenters. The van der Waals surface area contributed by atoms with E-state index in [1.165, 1.54) is 23.8 Å². The highest BCUT2D eigenvalue weighted by Crippen LogP contribution is 2.35. The first kappa shape index (κ1) is 13.3. The fourth-order valence-electron chi connectivity index (χ4n) is 2.10. The van der Waals surface area contributed by atoms with Gasteiger partial charge in [-0.2, -0.15) is 0 Å². The van der Waals surface area contributed by atoms with Crippen molar-refractivity contribution < 1.29 is 9.90 Å². The molecule has 1 unspecified atom stereocenters. The Kier molecular flexibility index (Phi) is 4.19. The Morgan fingerprint density at radius 2 is 2.39 bits per heavy atom. The van der Waals surface area contributed by atoms with Crippen LogP contribution in [0.3, 0.4) is 0 Å². The maximum Gasteiger partial charge on any atom is 0.328 e. The normalized spacial score (nSPS) is 17.5. The Hall–Kier alpha value is -1.13. The van der Waals surface area contributed by atoms with Crippen LogP contribution in [0.4, 0.5) is 0 Å². The summed E-state index contributed by atoms with van der Waals surface area (Å²) in [5, 5.41) is 10.7. The lowest BCUT2D eigenvalue weighted by atomic mass is 10.1. The second-order valence-corrected chi connectivity index (χ2v) is 5.96. The molecule has 1 heterocycles. The van der Waals surface area contributed by atoms with E-state index in [1.54, 1.807) is 17.4 Å². The van der Waals surface area contributed by atoms with Crippen molar-refractivity contribution in [1.29, 1.82) is 0 Å². The molecule has 0 aromatic carbocycles. The third kappa shape index (κ3) is 3.43. The molecule has 0 aliphatic heterocycles. The fourth-order valence-corrected chi connectivity index (χ4v) is 3.03. The van der Waals surface area contributed by atoms with Crippen LogP contribution in [0.2, 0.25) is 0 Å². The average Bonchev–Trinajstić information content (AvgIpc) is 3.08. The Labute approximate surface area is 112 Å². The van der Waals surface area contributed by atoms with Gasteiger partial charge in [-0.05, 0) is 55.8 Å². The molecule has 1 fully saturated rings. The minimum Gasteiger partial charge on any atom is -0.478 e. The number of nitrogens with zero attached hydrogens (tertiary/aromatic N) is 1. The van der Waals surface area contributed by atoms with Gasteiger partial charge in [-0.15, -0.1) is 11.3 Å². The van der Waals surface area contributed by atoms with Crippen LogP contribution < -0.4 is 0 Å². The third-order valence-corrected chi connectivity index (χ3v) is 4.50. The highest BCUT2D eigenvalue weighted by Gasteiger charge is 2.30. The van der Waals surface area contributed by atoms with Crippen LogP contribution in [-0.2, 0) is 11.3 Å². The molecule has 0 bridgehead atoms. The van der Waals surface area contributed by atoms with E-state index >= 15 is 0 Å². The van der Waals surface area contributed by atoms with Gasteiger partial charge in [0.05, 0.1) is 0 Å². The number of aliphatic carboxylic acids is 1. The van der Waals surface area contributed by atoms with E-state index in [-0.39, 0.29) is 0 Å². The Bertz CT molecular complexity index is 448. The van der Waals surface area contributed by atoms with Gasteiger partial charge in [-0.25, -0.2) is 4.79 Å². The molecule has 1 aliphatic rings. The van der Waals surface area contributed by atoms with Gasteiger partial charge in [0.2, 0.25) is 0 Å². The van der Waals surface area contributed by atoms with Gasteiger partial charge < -0.3 is 5.11 Å². The molecule has 0 saturated heterocycles. The highest BCUT2D eigenvalue weighted by molar-refractivity contribution is 7.10. The lowest BCUT2D eigenvalue weighted by Gasteiger charge is -2.24. The van der Waals surface area contributed by atoms with Crippen LogP contribution in [0, 0.1) is 5.92 Å². The minimum atomic E-state index is -0.896. The van der Waals surface area contributed by atoms with Crippen molar-refractivity contribution >= 4 is 23.4 Å². The van der Waals surface area contributed by atoms with E-state index in [9.17, 15) is 4.79 Å². The number of rotatable bonds is 6. The van der Waals surface area contributed by atoms with E-state index in [2.05, 4.69) is 18.9 Å². The van der Waals surface area contributed by atoms with E-state index in [0.29, 0.717) is 6.04 Å². The van der Waals surface area contributed by atoms with Crippen LogP contribution in [0.1, 0.15) is 30.2 Å². The first-order chi connectivity index (χ1) is 8.58. The molecule has 1 N–H and O–H groups in total. The summed E-state index contributed by atoms with van der Waals surface area (Å²) in [5.74, 6) is -0.0418. The standard InChI is InChI=1S/C14H19NO2S/c1-10(11-3-4-11)15(2)9-13-12(7-8-18-13)5-6-14(16)17/h5-8,10-11H,3-4,9H2,1-2H3,(H,16,17). The summed E-state index contributed by atoms with van der Waals surface area (Å²) in [4.78, 5) is 14.1. The van der Waals surface area contributed by atoms with Crippen LogP contribution >= 0.6 is 11.3 Å². The summed E-state index contributed by atoms with van der Waals surface area (Å²) in [6.45, 7) is 3.17. The van der Waals surface area contributed by atoms with Crippen molar-refractivity contribution in [3.05, 3.63) is 28.0 Å². The summed E-state index contributed by atoms with van der Waals surface area (Å²) in [7, 11) is 2.15. The molecule has 2 rings (SSSR count). The van der Waals surface area contributed by atoms with Crippen molar-refractivity contribution in [2.75, 3.05) is 7.05 Å². The van der Waals surface area contributed by atoms with Crippen LogP contribution in [0.15, 0.2) is 17.5 Å². The van der Waals surface area contributed by atoms with Crippen molar-refractivity contribution in [2.45, 2.75) is 32.4 Å². The molecule has 1 aliphatic carbocycles. The van der Waals surface area contributed by atoms with E-state index in [1.807, 2.05) is 11.4 Å². The predicted octanol–water partition coefficient (Wildman–Crippen LogP) is 3.08. The van der Waals surface area contributed by atoms with Gasteiger partial charge >= 0.3 is 5.97 Å². The maximum atomic E-state index is 10.5. The molecule has 1 aromatic heterocycles. The van der Waals surface area contributed by atoms with Gasteiger partial charge in [0.25, 0.3) is 0 Å². The Morgan fingerprint density at radius 1 is 1.67 bits per heavy atom. The van der Waals surface area contributed by atoms with Crippen LogP contribution in [-0.4, -0.2) is 29.1 Å². The zero-order valence-corrected chi connectivity index (χ0v) is 11.6. The first-order valence-electron chi connectivity index (χ1n) is 6.25. The number of hydrogen-bond acceptors (Lipinski definition) is 3. The monoisotopic (exact) mass is 265 g/mol. The minimum absolute atomic E-state index is 0.614. The van der Waals surface area contributed by atoms with Gasteiger partial charge in [-0.3, -0.25) is 4.90 Å². The highest BCUT2D eigenvalue weighted by atomic mass is 32.1. The summed E-state index contributed by atoms with van der Waals surface area (Å²) < 4.78 is 0. The number of hydrogen-bond donors (Lipinski definition) is 1. The molecule has 0 radical (unpaired) electrons. The summed E-state index contributed by atoms with van der Waals surface area (Å²) in [5.41, 5.74) is 1.03. The number of carbonyl (C=O) groups is 1. The van der Waals surface area contributed by atoms with Gasteiger partial charge in [0.1, 0.15) is 0 Å². The largest absolute Gasteiger partial charge is 0.478 e. The lowest BCUT2D eigenvalue weighted by molar-refractivity contribution is -0.131. The lowest BCUT2D eigenvalue weighted by Crippen LogP contribution is -2.30. The molecule has 3 nitrogen and oxygen atoms in total. The molecule has 4 heteroatoms. The molecular formula is C14H19NO2S. The van der Waals surface area contributed by atoms with Gasteiger partial charge in [0.15, 0.2) is 0 Å². The van der Waals surface area contributed by atoms with Gasteiger partial charge in [-0.1, -0.05) is 0 Å². The average molecular weight is 265 g/mol. The number of carboxylic acids is 1. The maximum absolute atomic E-state index is 10.5. The smallest absolute Gasteiger partial charge is 0.328 e. The molecule has 1 saturated carbocycles. The Balaban J connectivity index is 2.00. The van der Waals surface area contributed by atoms with Crippen LogP contribution in [0.25, 0.3) is 6.08 Å². The predicted molar refractivity (Wildman–Crippen MR) is 74.6 cm³/mol. The van der Waals surface area contributed by atoms with Crippen LogP contribution in [0.5, 0.6) is 0 Å². The SMILES string of the molecule is CC(C1CC1)N(C)Cc1sccc1C=CC(=O)O. The van der Waals surface area contributed by atoms with Crippen molar-refractivity contribution in [3.8, 4) is 0 Å². The Morgan fingerprint density at radius 3 is 3.00 bits per heavy atom. The third-order valence-electron chi connectivity index (χ3n) is 3.58. The van der Waals surface area contributed by atoms with Gasteiger partial charge in [0, 0.05) is 23.5 Å². The second kappa shape index (κ2) is 5.67. The number of carboxylic acid groups (broad SMARTS) is 1. The zero-order chi connectivity index (χ0) is 13.1. The zero-order valence-electron chi connectivity index (χ0n) is 10.8. The molecule has 18 heavy (non-hydrogen) atoms. The van der Waals surface area contributed by atoms with Crippen molar-refractivity contribution in [3.63, 3.8) is 0 Å².